The van der Waals surface area contributed by atoms with Crippen molar-refractivity contribution >= 4 is 16.7 Å². The van der Waals surface area contributed by atoms with E-state index in [0.29, 0.717) is 18.3 Å². The lowest BCUT2D eigenvalue weighted by atomic mass is 10.0. The summed E-state index contributed by atoms with van der Waals surface area (Å²) >= 11 is 0. The van der Waals surface area contributed by atoms with Crippen molar-refractivity contribution in [2.45, 2.75) is 6.42 Å². The summed E-state index contributed by atoms with van der Waals surface area (Å²) < 4.78 is 0. The molecule has 4 rings (SSSR count). The van der Waals surface area contributed by atoms with Gasteiger partial charge in [-0.1, -0.05) is 42.5 Å². The highest BCUT2D eigenvalue weighted by atomic mass is 16.2. The van der Waals surface area contributed by atoms with Crippen LogP contribution in [-0.2, 0) is 11.2 Å². The highest BCUT2D eigenvalue weighted by molar-refractivity contribution is 5.85. The molecule has 22 heavy (non-hydrogen) atoms. The number of likely N-dealkylation sites (tertiary alicyclic amines) is 2. The van der Waals surface area contributed by atoms with E-state index >= 15 is 0 Å². The lowest BCUT2D eigenvalue weighted by Gasteiger charge is -2.19. The molecule has 0 bridgehead atoms. The van der Waals surface area contributed by atoms with Crippen LogP contribution in [0.5, 0.6) is 0 Å². The molecule has 0 aliphatic carbocycles. The van der Waals surface area contributed by atoms with Crippen molar-refractivity contribution in [1.29, 1.82) is 0 Å². The molecule has 2 aromatic rings. The zero-order valence-corrected chi connectivity index (χ0v) is 13.0. The van der Waals surface area contributed by atoms with Gasteiger partial charge in [0.15, 0.2) is 0 Å². The van der Waals surface area contributed by atoms with Gasteiger partial charge < -0.3 is 9.80 Å². The fourth-order valence-corrected chi connectivity index (χ4v) is 4.07. The maximum absolute atomic E-state index is 12.6. The average Bonchev–Trinajstić information content (AvgIpc) is 3.04. The molecule has 2 fully saturated rings. The minimum atomic E-state index is 0.285. The van der Waals surface area contributed by atoms with Crippen molar-refractivity contribution in [3.63, 3.8) is 0 Å². The maximum Gasteiger partial charge on any atom is 0.227 e. The van der Waals surface area contributed by atoms with Gasteiger partial charge in [-0.15, -0.1) is 0 Å². The van der Waals surface area contributed by atoms with Crippen molar-refractivity contribution in [3.05, 3.63) is 48.0 Å². The molecule has 2 aliphatic rings. The Labute approximate surface area is 131 Å². The SMILES string of the molecule is CN1CC2CN(C(=O)Cc3ccc4ccccc4c3)CC2C1. The number of amides is 1. The number of benzene rings is 2. The molecule has 2 aromatic carbocycles. The number of rotatable bonds is 2. The summed E-state index contributed by atoms with van der Waals surface area (Å²) in [5, 5.41) is 2.45. The minimum absolute atomic E-state index is 0.285. The molecule has 1 amide bonds. The minimum Gasteiger partial charge on any atom is -0.342 e. The molecule has 2 aliphatic heterocycles. The predicted molar refractivity (Wildman–Crippen MR) is 88.7 cm³/mol. The fourth-order valence-electron chi connectivity index (χ4n) is 4.07. The Morgan fingerprint density at radius 3 is 2.41 bits per heavy atom. The van der Waals surface area contributed by atoms with Gasteiger partial charge in [-0.2, -0.15) is 0 Å². The molecule has 0 N–H and O–H groups in total. The second kappa shape index (κ2) is 5.40. The Bertz CT molecular complexity index is 697. The van der Waals surface area contributed by atoms with Crippen LogP contribution in [0.15, 0.2) is 42.5 Å². The van der Waals surface area contributed by atoms with Gasteiger partial charge in [0.2, 0.25) is 5.91 Å². The van der Waals surface area contributed by atoms with Crippen LogP contribution in [0.4, 0.5) is 0 Å². The standard InChI is InChI=1S/C19H22N2O/c1-20-10-17-12-21(13-18(17)11-20)19(22)9-14-6-7-15-4-2-3-5-16(15)8-14/h2-8,17-18H,9-13H2,1H3. The van der Waals surface area contributed by atoms with E-state index in [9.17, 15) is 4.79 Å². The van der Waals surface area contributed by atoms with Crippen LogP contribution in [0.2, 0.25) is 0 Å². The second-order valence-electron chi connectivity index (χ2n) is 6.90. The molecule has 0 saturated carbocycles. The first kappa shape index (κ1) is 13.8. The molecular formula is C19H22N2O. The van der Waals surface area contributed by atoms with Crippen LogP contribution in [0, 0.1) is 11.8 Å². The molecule has 2 atom stereocenters. The first-order valence-electron chi connectivity index (χ1n) is 8.13. The molecule has 0 aromatic heterocycles. The van der Waals surface area contributed by atoms with Crippen LogP contribution in [0.25, 0.3) is 10.8 Å². The molecule has 2 saturated heterocycles. The van der Waals surface area contributed by atoms with Crippen molar-refractivity contribution in [2.24, 2.45) is 11.8 Å². The third kappa shape index (κ3) is 2.50. The Balaban J connectivity index is 1.45. The molecular weight excluding hydrogens is 272 g/mol. The van der Waals surface area contributed by atoms with E-state index in [-0.39, 0.29) is 5.91 Å². The molecule has 2 unspecified atom stereocenters. The number of hydrogen-bond acceptors (Lipinski definition) is 2. The average molecular weight is 294 g/mol. The van der Waals surface area contributed by atoms with E-state index < -0.39 is 0 Å². The van der Waals surface area contributed by atoms with E-state index in [4.69, 9.17) is 0 Å². The number of fused-ring (bicyclic) bond motifs is 2. The third-order valence-electron chi connectivity index (χ3n) is 5.19. The summed E-state index contributed by atoms with van der Waals surface area (Å²) in [7, 11) is 2.18. The quantitative estimate of drug-likeness (QED) is 0.849. The van der Waals surface area contributed by atoms with Gasteiger partial charge in [0.1, 0.15) is 0 Å². The first-order valence-corrected chi connectivity index (χ1v) is 8.13. The van der Waals surface area contributed by atoms with Gasteiger partial charge in [-0.3, -0.25) is 4.79 Å². The van der Waals surface area contributed by atoms with Gasteiger partial charge in [0.25, 0.3) is 0 Å². The summed E-state index contributed by atoms with van der Waals surface area (Å²) in [6, 6.07) is 14.7. The monoisotopic (exact) mass is 294 g/mol. The highest BCUT2D eigenvalue weighted by Crippen LogP contribution is 2.30. The summed E-state index contributed by atoms with van der Waals surface area (Å²) in [6.07, 6.45) is 0.528. The molecule has 3 nitrogen and oxygen atoms in total. The van der Waals surface area contributed by atoms with Crippen molar-refractivity contribution in [1.82, 2.24) is 9.80 Å². The number of hydrogen-bond donors (Lipinski definition) is 0. The Morgan fingerprint density at radius 1 is 1.00 bits per heavy atom. The van der Waals surface area contributed by atoms with Gasteiger partial charge in [0, 0.05) is 26.2 Å². The number of carbonyl (C=O) groups is 1. The number of carbonyl (C=O) groups excluding carboxylic acids is 1. The summed E-state index contributed by atoms with van der Waals surface area (Å²) in [6.45, 7) is 4.18. The third-order valence-corrected chi connectivity index (χ3v) is 5.19. The summed E-state index contributed by atoms with van der Waals surface area (Å²) in [5.74, 6) is 1.66. The summed E-state index contributed by atoms with van der Waals surface area (Å²) in [4.78, 5) is 17.0. The Kier molecular flexibility index (Phi) is 3.38. The largest absolute Gasteiger partial charge is 0.342 e. The van der Waals surface area contributed by atoms with Gasteiger partial charge in [-0.25, -0.2) is 0 Å². The van der Waals surface area contributed by atoms with E-state index in [2.05, 4.69) is 47.2 Å². The summed E-state index contributed by atoms with van der Waals surface area (Å²) in [5.41, 5.74) is 1.12. The lowest BCUT2D eigenvalue weighted by molar-refractivity contribution is -0.129. The van der Waals surface area contributed by atoms with Crippen LogP contribution in [0.3, 0.4) is 0 Å². The van der Waals surface area contributed by atoms with E-state index in [1.54, 1.807) is 0 Å². The van der Waals surface area contributed by atoms with Crippen LogP contribution in [-0.4, -0.2) is 48.9 Å². The normalized spacial score (nSPS) is 24.9. The first-order chi connectivity index (χ1) is 10.7. The topological polar surface area (TPSA) is 23.6 Å². The van der Waals surface area contributed by atoms with Crippen molar-refractivity contribution in [3.8, 4) is 0 Å². The molecule has 114 valence electrons. The zero-order valence-electron chi connectivity index (χ0n) is 13.0. The van der Waals surface area contributed by atoms with Crippen LogP contribution >= 0.6 is 0 Å². The zero-order chi connectivity index (χ0) is 15.1. The lowest BCUT2D eigenvalue weighted by Crippen LogP contribution is -2.33. The Hall–Kier alpha value is -1.87. The second-order valence-corrected chi connectivity index (χ2v) is 6.90. The highest BCUT2D eigenvalue weighted by Gasteiger charge is 2.40. The van der Waals surface area contributed by atoms with Gasteiger partial charge in [-0.05, 0) is 35.2 Å². The van der Waals surface area contributed by atoms with E-state index in [1.807, 2.05) is 12.1 Å². The Morgan fingerprint density at radius 2 is 1.68 bits per heavy atom. The number of nitrogens with zero attached hydrogens (tertiary/aromatic N) is 2. The van der Waals surface area contributed by atoms with E-state index in [0.717, 1.165) is 31.7 Å². The van der Waals surface area contributed by atoms with E-state index in [1.165, 1.54) is 10.8 Å². The smallest absolute Gasteiger partial charge is 0.227 e. The molecule has 2 heterocycles. The van der Waals surface area contributed by atoms with Crippen LogP contribution < -0.4 is 0 Å². The predicted octanol–water partition coefficient (Wildman–Crippen LogP) is 2.40. The molecule has 3 heteroatoms. The fraction of sp³-hybridized carbons (Fsp3) is 0.421. The molecule has 0 spiro atoms. The van der Waals surface area contributed by atoms with Crippen LogP contribution in [0.1, 0.15) is 5.56 Å². The maximum atomic E-state index is 12.6. The molecule has 0 radical (unpaired) electrons. The van der Waals surface area contributed by atoms with Crippen molar-refractivity contribution < 1.29 is 4.79 Å². The van der Waals surface area contributed by atoms with Crippen molar-refractivity contribution in [2.75, 3.05) is 33.2 Å². The van der Waals surface area contributed by atoms with Gasteiger partial charge in [0.05, 0.1) is 6.42 Å². The van der Waals surface area contributed by atoms with Gasteiger partial charge >= 0.3 is 0 Å².